The van der Waals surface area contributed by atoms with Gasteiger partial charge in [-0.1, -0.05) is 36.4 Å². The van der Waals surface area contributed by atoms with E-state index in [1.165, 1.54) is 14.2 Å². The molecule has 1 N–H and O–H groups in total. The molecule has 28 heavy (non-hydrogen) atoms. The van der Waals surface area contributed by atoms with E-state index in [2.05, 4.69) is 10.3 Å². The number of ether oxygens (including phenoxy) is 1. The number of rotatable bonds is 4. The molecule has 0 unspecified atom stereocenters. The summed E-state index contributed by atoms with van der Waals surface area (Å²) in [6.45, 7) is 0. The number of benzene rings is 1. The van der Waals surface area contributed by atoms with Gasteiger partial charge in [0.15, 0.2) is 0 Å². The van der Waals surface area contributed by atoms with Gasteiger partial charge in [0.05, 0.1) is 18.9 Å². The minimum atomic E-state index is -1.33. The zero-order valence-corrected chi connectivity index (χ0v) is 15.7. The first-order chi connectivity index (χ1) is 13.5. The second-order valence-corrected chi connectivity index (χ2v) is 7.27. The van der Waals surface area contributed by atoms with Gasteiger partial charge in [-0.3, -0.25) is 29.6 Å². The van der Waals surface area contributed by atoms with Gasteiger partial charge in [-0.2, -0.15) is 0 Å². The third-order valence-electron chi connectivity index (χ3n) is 5.79. The van der Waals surface area contributed by atoms with Crippen LogP contribution in [0, 0.1) is 11.8 Å². The van der Waals surface area contributed by atoms with Crippen LogP contribution in [0.3, 0.4) is 0 Å². The van der Waals surface area contributed by atoms with Crippen LogP contribution in [-0.2, 0) is 25.5 Å². The summed E-state index contributed by atoms with van der Waals surface area (Å²) in [5.74, 6) is -2.74. The second-order valence-electron chi connectivity index (χ2n) is 7.27. The monoisotopic (exact) mass is 379 g/mol. The maximum absolute atomic E-state index is 13.0. The molecule has 0 aliphatic carbocycles. The Morgan fingerprint density at radius 1 is 1.18 bits per heavy atom. The Hall–Kier alpha value is -3.06. The molecule has 1 aromatic carbocycles. The lowest BCUT2D eigenvalue weighted by atomic mass is 9.76. The molecule has 2 saturated heterocycles. The first-order valence-electron chi connectivity index (χ1n) is 9.11. The van der Waals surface area contributed by atoms with Crippen LogP contribution in [0.2, 0.25) is 0 Å². The predicted molar refractivity (Wildman–Crippen MR) is 99.8 cm³/mol. The van der Waals surface area contributed by atoms with Gasteiger partial charge >= 0.3 is 5.97 Å². The van der Waals surface area contributed by atoms with Gasteiger partial charge in [0.2, 0.25) is 11.8 Å². The van der Waals surface area contributed by atoms with Crippen molar-refractivity contribution in [3.63, 3.8) is 0 Å². The Morgan fingerprint density at radius 2 is 1.93 bits per heavy atom. The van der Waals surface area contributed by atoms with Crippen LogP contribution >= 0.6 is 0 Å². The second kappa shape index (κ2) is 6.83. The summed E-state index contributed by atoms with van der Waals surface area (Å²) in [6.07, 6.45) is 3.53. The molecule has 7 heteroatoms. The van der Waals surface area contributed by atoms with Crippen LogP contribution in [0.5, 0.6) is 0 Å². The number of pyridine rings is 1. The van der Waals surface area contributed by atoms with Crippen LogP contribution in [-0.4, -0.2) is 47.4 Å². The van der Waals surface area contributed by atoms with Gasteiger partial charge in [0.25, 0.3) is 0 Å². The molecule has 1 aromatic heterocycles. The fourth-order valence-corrected chi connectivity index (χ4v) is 4.52. The number of esters is 1. The SMILES string of the molecule is COC(=O)[C@@]1(Cc2ccccc2)N[C@@H](c2cccnc2)[C@H]2C(=O)N(C)C(=O)[C@H]21. The predicted octanol–water partition coefficient (Wildman–Crippen LogP) is 1.11. The molecule has 2 aromatic rings. The van der Waals surface area contributed by atoms with Gasteiger partial charge in [-0.05, 0) is 17.2 Å². The Morgan fingerprint density at radius 3 is 2.57 bits per heavy atom. The minimum Gasteiger partial charge on any atom is -0.468 e. The summed E-state index contributed by atoms with van der Waals surface area (Å²) in [5.41, 5.74) is 0.298. The van der Waals surface area contributed by atoms with Crippen molar-refractivity contribution in [2.75, 3.05) is 14.2 Å². The van der Waals surface area contributed by atoms with E-state index in [4.69, 9.17) is 4.74 Å². The van der Waals surface area contributed by atoms with Crippen molar-refractivity contribution in [3.05, 3.63) is 66.0 Å². The molecule has 0 radical (unpaired) electrons. The molecular weight excluding hydrogens is 358 g/mol. The lowest BCUT2D eigenvalue weighted by Crippen LogP contribution is -2.57. The van der Waals surface area contributed by atoms with Gasteiger partial charge in [-0.25, -0.2) is 0 Å². The Bertz CT molecular complexity index is 918. The number of hydrogen-bond acceptors (Lipinski definition) is 6. The number of imide groups is 1. The maximum atomic E-state index is 13.0. The van der Waals surface area contributed by atoms with Gasteiger partial charge < -0.3 is 4.74 Å². The van der Waals surface area contributed by atoms with Crippen LogP contribution in [0.4, 0.5) is 0 Å². The number of nitrogens with zero attached hydrogens (tertiary/aromatic N) is 2. The summed E-state index contributed by atoms with van der Waals surface area (Å²) in [4.78, 5) is 44.3. The first kappa shape index (κ1) is 18.3. The number of likely N-dealkylation sites (tertiary alicyclic amines) is 1. The van der Waals surface area contributed by atoms with E-state index < -0.39 is 29.4 Å². The topological polar surface area (TPSA) is 88.6 Å². The van der Waals surface area contributed by atoms with E-state index in [1.54, 1.807) is 18.5 Å². The fourth-order valence-electron chi connectivity index (χ4n) is 4.52. The highest BCUT2D eigenvalue weighted by Gasteiger charge is 2.68. The molecule has 0 saturated carbocycles. The molecule has 2 aliphatic rings. The van der Waals surface area contributed by atoms with E-state index in [9.17, 15) is 14.4 Å². The van der Waals surface area contributed by atoms with Gasteiger partial charge in [-0.15, -0.1) is 0 Å². The largest absolute Gasteiger partial charge is 0.468 e. The van der Waals surface area contributed by atoms with Crippen molar-refractivity contribution >= 4 is 17.8 Å². The van der Waals surface area contributed by atoms with Crippen molar-refractivity contribution in [1.29, 1.82) is 0 Å². The third kappa shape index (κ3) is 2.62. The molecular formula is C21H21N3O4. The lowest BCUT2D eigenvalue weighted by molar-refractivity contribution is -0.153. The zero-order chi connectivity index (χ0) is 19.9. The van der Waals surface area contributed by atoms with Crippen molar-refractivity contribution in [2.45, 2.75) is 18.0 Å². The molecule has 2 amide bonds. The number of carbonyl (C=O) groups excluding carboxylic acids is 3. The Balaban J connectivity index is 1.86. The van der Waals surface area contributed by atoms with Crippen LogP contribution in [0.15, 0.2) is 54.9 Å². The quantitative estimate of drug-likeness (QED) is 0.632. The highest BCUT2D eigenvalue weighted by atomic mass is 16.5. The summed E-state index contributed by atoms with van der Waals surface area (Å²) in [6, 6.07) is 12.5. The Kier molecular flexibility index (Phi) is 4.47. The minimum absolute atomic E-state index is 0.241. The smallest absolute Gasteiger partial charge is 0.327 e. The van der Waals surface area contributed by atoms with Crippen molar-refractivity contribution in [3.8, 4) is 0 Å². The highest BCUT2D eigenvalue weighted by molar-refractivity contribution is 6.09. The number of fused-ring (bicyclic) bond motifs is 1. The first-order valence-corrected chi connectivity index (χ1v) is 9.11. The van der Waals surface area contributed by atoms with E-state index in [1.807, 2.05) is 36.4 Å². The van der Waals surface area contributed by atoms with E-state index in [-0.39, 0.29) is 18.2 Å². The number of amides is 2. The molecule has 2 aliphatic heterocycles. The molecule has 4 atom stereocenters. The Labute approximate surface area is 162 Å². The molecule has 0 bridgehead atoms. The third-order valence-corrected chi connectivity index (χ3v) is 5.79. The molecule has 7 nitrogen and oxygen atoms in total. The summed E-state index contributed by atoms with van der Waals surface area (Å²) >= 11 is 0. The van der Waals surface area contributed by atoms with Crippen LogP contribution in [0.25, 0.3) is 0 Å². The average molecular weight is 379 g/mol. The highest BCUT2D eigenvalue weighted by Crippen LogP contribution is 2.49. The van der Waals surface area contributed by atoms with Crippen molar-refractivity contribution in [1.82, 2.24) is 15.2 Å². The number of hydrogen-bond donors (Lipinski definition) is 1. The molecule has 3 heterocycles. The summed E-state index contributed by atoms with van der Waals surface area (Å²) in [7, 11) is 2.77. The number of methoxy groups -OCH3 is 1. The summed E-state index contributed by atoms with van der Waals surface area (Å²) in [5, 5.41) is 3.32. The number of aromatic nitrogens is 1. The number of carbonyl (C=O) groups is 3. The molecule has 2 fully saturated rings. The van der Waals surface area contributed by atoms with Crippen LogP contribution in [0.1, 0.15) is 17.2 Å². The van der Waals surface area contributed by atoms with Gasteiger partial charge in [0.1, 0.15) is 5.54 Å². The number of nitrogens with one attached hydrogen (secondary N) is 1. The van der Waals surface area contributed by atoms with Gasteiger partial charge in [0, 0.05) is 31.9 Å². The summed E-state index contributed by atoms with van der Waals surface area (Å²) < 4.78 is 5.12. The standard InChI is InChI=1S/C21H21N3O4/c1-24-18(25)15-16(19(24)26)21(20(27)28-2,11-13-7-4-3-5-8-13)23-17(15)14-9-6-10-22-12-14/h3-10,12,15-17,23H,11H2,1-2H3/t15-,16-,17-,21-/m0/s1. The normalized spacial score (nSPS) is 29.1. The average Bonchev–Trinajstić information content (AvgIpc) is 3.19. The molecule has 4 rings (SSSR count). The zero-order valence-electron chi connectivity index (χ0n) is 15.7. The maximum Gasteiger partial charge on any atom is 0.327 e. The molecule has 0 spiro atoms. The fraction of sp³-hybridized carbons (Fsp3) is 0.333. The van der Waals surface area contributed by atoms with E-state index >= 15 is 0 Å². The van der Waals surface area contributed by atoms with Crippen LogP contribution < -0.4 is 5.32 Å². The molecule has 144 valence electrons. The van der Waals surface area contributed by atoms with E-state index in [0.717, 1.165) is 16.0 Å². The van der Waals surface area contributed by atoms with Crippen molar-refractivity contribution < 1.29 is 19.1 Å². The van der Waals surface area contributed by atoms with E-state index in [0.29, 0.717) is 0 Å². The van der Waals surface area contributed by atoms with Crippen molar-refractivity contribution in [2.24, 2.45) is 11.8 Å². The lowest BCUT2D eigenvalue weighted by Gasteiger charge is -2.32.